The Morgan fingerprint density at radius 2 is 1.54 bits per heavy atom. The van der Waals surface area contributed by atoms with Crippen LogP contribution in [0.2, 0.25) is 0 Å². The van der Waals surface area contributed by atoms with Crippen molar-refractivity contribution in [3.8, 4) is 0 Å². The van der Waals surface area contributed by atoms with E-state index in [-0.39, 0.29) is 18.9 Å². The largest absolute Gasteiger partial charge is 0.472 e. The molecule has 0 amide bonds. The van der Waals surface area contributed by atoms with Crippen LogP contribution in [0.3, 0.4) is 0 Å². The minimum absolute atomic E-state index is 0.0549. The Morgan fingerprint density at radius 3 is 2.12 bits per heavy atom. The Bertz CT molecular complexity index is 1620. The molecule has 15 atom stereocenters. The summed E-state index contributed by atoms with van der Waals surface area (Å²) in [6.45, 7) is 11.7. The Kier molecular flexibility index (Phi) is 7.78. The summed E-state index contributed by atoms with van der Waals surface area (Å²) in [5.41, 5.74) is -6.21. The highest BCUT2D eigenvalue weighted by Gasteiger charge is 2.93. The summed E-state index contributed by atoms with van der Waals surface area (Å²) in [4.78, 5) is 66.9. The third kappa shape index (κ3) is 4.07. The highest BCUT2D eigenvalue weighted by molar-refractivity contribution is 5.93. The Balaban J connectivity index is 1.47. The highest BCUT2D eigenvalue weighted by Crippen LogP contribution is 2.83. The van der Waals surface area contributed by atoms with E-state index in [2.05, 4.69) is 0 Å². The number of fused-ring (bicyclic) bond motifs is 1. The van der Waals surface area contributed by atoms with Crippen LogP contribution in [0.15, 0.2) is 23.0 Å². The fourth-order valence-electron chi connectivity index (χ4n) is 11.8. The molecular formula is C36H46O14. The summed E-state index contributed by atoms with van der Waals surface area (Å²) in [7, 11) is 0. The summed E-state index contributed by atoms with van der Waals surface area (Å²) < 4.78 is 42.1. The molecule has 14 heteroatoms. The summed E-state index contributed by atoms with van der Waals surface area (Å²) in [5.74, 6) is -6.57. The van der Waals surface area contributed by atoms with E-state index in [0.717, 1.165) is 19.4 Å². The van der Waals surface area contributed by atoms with E-state index in [0.29, 0.717) is 6.42 Å². The Morgan fingerprint density at radius 1 is 0.900 bits per heavy atom. The second-order valence-corrected chi connectivity index (χ2v) is 16.1. The second-order valence-electron chi connectivity index (χ2n) is 16.1. The smallest absolute Gasteiger partial charge is 0.310 e. The standard InChI is InChI=1S/C36H46O14/c1-15(2)30(43)49-31-32(6)21-12-22(40)34(8)26(35(21,14-45-31)29(48-18(5)39)25(42)27(32)46-16(3)37)24(41)28(47-17(4)38)33(7)20(19-9-10-44-13-19)11-23-36(33,34)50-23/h9-10,13,15,20-23,25-29,31,40,42H,11-12,14H2,1-8H3. The van der Waals surface area contributed by atoms with E-state index >= 15 is 4.79 Å². The normalized spacial score (nSPS) is 48.3. The van der Waals surface area contributed by atoms with Gasteiger partial charge in [-0.2, -0.15) is 0 Å². The lowest BCUT2D eigenvalue weighted by atomic mass is 9.33. The number of furan rings is 1. The molecule has 2 N–H and O–H groups in total. The zero-order valence-corrected chi connectivity index (χ0v) is 29.5. The average molecular weight is 703 g/mol. The van der Waals surface area contributed by atoms with Crippen molar-refractivity contribution in [2.45, 2.75) is 123 Å². The number of rotatable bonds is 6. The lowest BCUT2D eigenvalue weighted by molar-refractivity contribution is -0.391. The molecule has 1 aromatic rings. The van der Waals surface area contributed by atoms with Crippen LogP contribution in [0.4, 0.5) is 0 Å². The molecule has 3 heterocycles. The molecule has 0 aromatic carbocycles. The van der Waals surface area contributed by atoms with Gasteiger partial charge >= 0.3 is 23.9 Å². The van der Waals surface area contributed by atoms with Gasteiger partial charge in [-0.15, -0.1) is 0 Å². The Labute approximate surface area is 289 Å². The first-order valence-corrected chi connectivity index (χ1v) is 17.3. The molecule has 274 valence electrons. The number of epoxide rings is 1. The maximum absolute atomic E-state index is 15.6. The first-order valence-electron chi connectivity index (χ1n) is 17.3. The molecule has 50 heavy (non-hydrogen) atoms. The van der Waals surface area contributed by atoms with Crippen molar-refractivity contribution in [1.82, 2.24) is 0 Å². The van der Waals surface area contributed by atoms with Gasteiger partial charge in [0.1, 0.15) is 23.9 Å². The predicted molar refractivity (Wildman–Crippen MR) is 166 cm³/mol. The number of hydrogen-bond acceptors (Lipinski definition) is 14. The minimum atomic E-state index is -1.73. The monoisotopic (exact) mass is 702 g/mol. The number of esters is 4. The van der Waals surface area contributed by atoms with Crippen molar-refractivity contribution in [3.63, 3.8) is 0 Å². The molecule has 0 radical (unpaired) electrons. The van der Waals surface area contributed by atoms with Crippen molar-refractivity contribution >= 4 is 29.7 Å². The second kappa shape index (κ2) is 11.1. The zero-order chi connectivity index (χ0) is 36.5. The van der Waals surface area contributed by atoms with E-state index in [4.69, 9.17) is 32.8 Å². The molecule has 2 saturated heterocycles. The van der Waals surface area contributed by atoms with Crippen LogP contribution in [0, 0.1) is 39.4 Å². The average Bonchev–Trinajstić information content (AvgIpc) is 3.38. The van der Waals surface area contributed by atoms with Gasteiger partial charge in [-0.1, -0.05) is 27.7 Å². The van der Waals surface area contributed by atoms with Gasteiger partial charge in [0.25, 0.3) is 0 Å². The van der Waals surface area contributed by atoms with Crippen LogP contribution in [0.5, 0.6) is 0 Å². The van der Waals surface area contributed by atoms with Gasteiger partial charge in [-0.25, -0.2) is 0 Å². The number of ether oxygens (including phenoxy) is 6. The summed E-state index contributed by atoms with van der Waals surface area (Å²) in [6.07, 6.45) is -5.69. The number of carbonyl (C=O) groups excluding carboxylic acids is 5. The fourth-order valence-corrected chi connectivity index (χ4v) is 11.8. The molecule has 15 unspecified atom stereocenters. The number of carbonyl (C=O) groups is 5. The lowest BCUT2D eigenvalue weighted by Gasteiger charge is -2.73. The van der Waals surface area contributed by atoms with E-state index in [1.165, 1.54) is 13.2 Å². The molecule has 2 bridgehead atoms. The van der Waals surface area contributed by atoms with Crippen LogP contribution >= 0.6 is 0 Å². The molecule has 1 spiro atoms. The van der Waals surface area contributed by atoms with Gasteiger partial charge < -0.3 is 43.1 Å². The van der Waals surface area contributed by atoms with Crippen molar-refractivity contribution < 1.29 is 67.0 Å². The van der Waals surface area contributed by atoms with Crippen LogP contribution in [0.25, 0.3) is 0 Å². The van der Waals surface area contributed by atoms with Crippen LogP contribution in [-0.2, 0) is 52.4 Å². The van der Waals surface area contributed by atoms with Crippen molar-refractivity contribution in [2.75, 3.05) is 6.61 Å². The molecule has 14 nitrogen and oxygen atoms in total. The number of aliphatic hydroxyl groups is 2. The number of ketones is 1. The van der Waals surface area contributed by atoms with E-state index in [9.17, 15) is 29.4 Å². The van der Waals surface area contributed by atoms with Crippen molar-refractivity contribution in [1.29, 1.82) is 0 Å². The third-order valence-electron chi connectivity index (χ3n) is 13.5. The molecule has 4 aliphatic carbocycles. The topological polar surface area (TPSA) is 198 Å². The maximum atomic E-state index is 15.6. The van der Waals surface area contributed by atoms with Gasteiger partial charge in [0.2, 0.25) is 6.29 Å². The molecule has 2 aliphatic heterocycles. The van der Waals surface area contributed by atoms with Gasteiger partial charge in [-0.05, 0) is 37.3 Å². The molecule has 7 rings (SSSR count). The molecule has 4 saturated carbocycles. The summed E-state index contributed by atoms with van der Waals surface area (Å²) in [6, 6.07) is 1.80. The minimum Gasteiger partial charge on any atom is -0.472 e. The third-order valence-corrected chi connectivity index (χ3v) is 13.5. The number of Topliss-reactive ketones (excluding diaryl/α,β-unsaturated/α-hetero) is 1. The first-order chi connectivity index (χ1) is 23.3. The zero-order valence-electron chi connectivity index (χ0n) is 29.5. The molecule has 6 fully saturated rings. The lowest BCUT2D eigenvalue weighted by Crippen LogP contribution is -2.84. The van der Waals surface area contributed by atoms with Gasteiger partial charge in [0.15, 0.2) is 11.9 Å². The molecule has 1 aromatic heterocycles. The number of hydrogen-bond donors (Lipinski definition) is 2. The summed E-state index contributed by atoms with van der Waals surface area (Å²) >= 11 is 0. The molecule has 6 aliphatic rings. The van der Waals surface area contributed by atoms with Crippen LogP contribution in [0.1, 0.15) is 79.7 Å². The van der Waals surface area contributed by atoms with Crippen molar-refractivity contribution in [2.24, 2.45) is 39.4 Å². The predicted octanol–water partition coefficient (Wildman–Crippen LogP) is 2.21. The number of aliphatic hydroxyl groups excluding tert-OH is 2. The molecular weight excluding hydrogens is 656 g/mol. The maximum Gasteiger partial charge on any atom is 0.310 e. The fraction of sp³-hybridized carbons (Fsp3) is 0.750. The summed E-state index contributed by atoms with van der Waals surface area (Å²) in [5, 5.41) is 24.9. The SMILES string of the molecule is CC(=O)OC1C(O)C(OC(C)=O)C23COC(OC(=O)C(C)C)C1(C)C2CC(O)C1(C)C3C(=O)C(OC(C)=O)C2(C)C(c3ccoc3)CC3OC321. The quantitative estimate of drug-likeness (QED) is 0.249. The van der Waals surface area contributed by atoms with E-state index in [1.54, 1.807) is 40.0 Å². The highest BCUT2D eigenvalue weighted by atomic mass is 16.7. The van der Waals surface area contributed by atoms with Crippen LogP contribution in [-0.4, -0.2) is 95.0 Å². The van der Waals surface area contributed by atoms with E-state index < -0.39 is 118 Å². The first kappa shape index (κ1) is 35.1. The van der Waals surface area contributed by atoms with Gasteiger partial charge in [0, 0.05) is 43.4 Å². The van der Waals surface area contributed by atoms with Crippen LogP contribution < -0.4 is 0 Å². The Hall–Kier alpha value is -3.33. The van der Waals surface area contributed by atoms with Crippen molar-refractivity contribution in [3.05, 3.63) is 24.2 Å². The van der Waals surface area contributed by atoms with E-state index in [1.807, 2.05) is 6.92 Å². The van der Waals surface area contributed by atoms with Gasteiger partial charge in [0.05, 0.1) is 48.1 Å². The van der Waals surface area contributed by atoms with Gasteiger partial charge in [-0.3, -0.25) is 24.0 Å².